The number of hydrogen-bond acceptors (Lipinski definition) is 7. The van der Waals surface area contributed by atoms with Gasteiger partial charge in [0.2, 0.25) is 0 Å². The molecule has 0 aliphatic rings. The molecule has 0 unspecified atom stereocenters. The van der Waals surface area contributed by atoms with Crippen molar-refractivity contribution in [1.82, 2.24) is 36.9 Å². The Morgan fingerprint density at radius 3 is 0.667 bits per heavy atom. The first-order valence-electron chi connectivity index (χ1n) is 1.44. The van der Waals surface area contributed by atoms with Crippen molar-refractivity contribution in [3.05, 3.63) is 0 Å². The van der Waals surface area contributed by atoms with Gasteiger partial charge in [-0.2, -0.15) is 7.82 Å². The second kappa shape index (κ2) is 29.2. The van der Waals surface area contributed by atoms with Gasteiger partial charge in [0.1, 0.15) is 0 Å². The van der Waals surface area contributed by atoms with E-state index in [1.54, 1.807) is 0 Å². The van der Waals surface area contributed by atoms with Gasteiger partial charge >= 0.3 is 0 Å². The van der Waals surface area contributed by atoms with Gasteiger partial charge in [0.15, 0.2) is 0 Å². The van der Waals surface area contributed by atoms with Crippen molar-refractivity contribution in [2.45, 2.75) is 0 Å². The summed E-state index contributed by atoms with van der Waals surface area (Å²) >= 11 is 0. The first-order valence-corrected chi connectivity index (χ1v) is 2.90. The van der Waals surface area contributed by atoms with Crippen molar-refractivity contribution in [3.63, 3.8) is 0 Å². The Bertz CT molecular complexity index is 94.6. The van der Waals surface area contributed by atoms with Crippen LogP contribution in [0, 0.1) is 0 Å². The van der Waals surface area contributed by atoms with E-state index in [1.807, 2.05) is 0 Å². The number of rotatable bonds is 0. The zero-order valence-electron chi connectivity index (χ0n) is 9.88. The van der Waals surface area contributed by atoms with Gasteiger partial charge in [0.25, 0.3) is 0 Å². The summed E-state index contributed by atoms with van der Waals surface area (Å²) in [7, 11) is -8.31. The lowest BCUT2D eigenvalue weighted by Gasteiger charge is -2.36. The first-order chi connectivity index (χ1) is 3.73. The molecule has 0 amide bonds. The van der Waals surface area contributed by atoms with Crippen molar-refractivity contribution >= 4 is 15.1 Å². The van der Waals surface area contributed by atoms with Crippen LogP contribution < -0.4 is 66.7 Å². The van der Waals surface area contributed by atoms with E-state index in [9.17, 15) is 0 Å². The van der Waals surface area contributed by atoms with Gasteiger partial charge in [0, 0.05) is 0 Å². The summed E-state index contributed by atoms with van der Waals surface area (Å²) < 4.78 is 8.55. The highest BCUT2D eigenvalue weighted by Gasteiger charge is 1.44. The molecule has 0 saturated carbocycles. The van der Waals surface area contributed by atoms with E-state index in [4.69, 9.17) is 34.3 Å². The molecule has 104 valence electrons. The number of phosphoric acid groups is 1. The molecule has 0 fully saturated rings. The third-order valence-corrected chi connectivity index (χ3v) is 0. The van der Waals surface area contributed by atoms with E-state index in [1.165, 1.54) is 0 Å². The fourth-order valence-corrected chi connectivity index (χ4v) is 0. The predicted octanol–water partition coefficient (Wildman–Crippen LogP) is -4.52. The normalized spacial score (nSPS) is 5.73. The van der Waals surface area contributed by atoms with Crippen LogP contribution >= 0.6 is 7.82 Å². The fraction of sp³-hybridized carbons (Fsp3) is 0. The van der Waals surface area contributed by atoms with Crippen LogP contribution in [0.2, 0.25) is 0 Å². The molecule has 15 heavy (non-hydrogen) atoms. The predicted molar refractivity (Wildman–Crippen MR) is 49.3 cm³/mol. The first kappa shape index (κ1) is 60.9. The third-order valence-electron chi connectivity index (χ3n) is 0. The molecule has 0 atom stereocenters. The summed E-state index contributed by atoms with van der Waals surface area (Å²) in [5.41, 5.74) is 0. The molecule has 0 rings (SSSR count). The quantitative estimate of drug-likeness (QED) is 0.183. The van der Waals surface area contributed by atoms with E-state index >= 15 is 0 Å². The molecular weight excluding hydrogens is 238 g/mol. The van der Waals surface area contributed by atoms with Crippen molar-refractivity contribution in [2.75, 3.05) is 0 Å². The smallest absolute Gasteiger partial charge is 0.159 e. The van der Waals surface area contributed by atoms with Gasteiger partial charge in [-0.1, -0.05) is 0 Å². The minimum atomic E-state index is -5.39. The molecule has 0 aliphatic carbocycles. The van der Waals surface area contributed by atoms with Crippen LogP contribution in [0.15, 0.2) is 0 Å². The third kappa shape index (κ3) is 56300. The molecule has 0 saturated heterocycles. The fourth-order valence-electron chi connectivity index (χ4n) is 0. The Hall–Kier alpha value is -0.185. The van der Waals surface area contributed by atoms with Gasteiger partial charge in [-0.15, -0.1) is 0 Å². The average Bonchev–Trinajstić information content (AvgIpc) is 1.19. The Kier molecular flexibility index (Phi) is 119. The highest BCUT2D eigenvalue weighted by molar-refractivity contribution is 7.40. The van der Waals surface area contributed by atoms with Crippen LogP contribution in [0.4, 0.5) is 0 Å². The molecule has 15 heteroatoms. The molecule has 0 heterocycles. The largest absolute Gasteiger partial charge is 0.907 e. The van der Waals surface area contributed by atoms with E-state index in [0.29, 0.717) is 0 Å². The number of hydrogen-bond donors (Lipinski definition) is 6. The number of quaternary nitrogens is 6. The summed E-state index contributed by atoms with van der Waals surface area (Å²) in [6.45, 7) is 0. The summed E-state index contributed by atoms with van der Waals surface area (Å²) in [5.74, 6) is 0. The van der Waals surface area contributed by atoms with Crippen molar-refractivity contribution in [1.29, 1.82) is 0 Å². The summed E-state index contributed by atoms with van der Waals surface area (Å²) in [6, 6.07) is 0. The van der Waals surface area contributed by atoms with E-state index in [2.05, 4.69) is 0 Å². The molecule has 0 aliphatic heterocycles. The SMILES string of the molecule is O=P([O-])([O-])[O-].[NH4+].[NH4+].[NH4+].[NH4+].[NH4+].[NH4+].[O-]B([O-])[O-]. The van der Waals surface area contributed by atoms with Crippen LogP contribution in [0.5, 0.6) is 0 Å². The van der Waals surface area contributed by atoms with E-state index in [0.717, 1.165) is 0 Å². The average molecular weight is 262 g/mol. The standard InChI is InChI=1S/BO3.6H3N.H3O4P/c2-1(3)4;;;;;;;1-5(2,3)4/h;6*1H3;(H3,1,2,3,4)/q-3;;;;;;;/p+3. The monoisotopic (exact) mass is 262 g/mol. The molecule has 24 N–H and O–H groups in total. The summed E-state index contributed by atoms with van der Waals surface area (Å²) in [4.78, 5) is 25.6. The maximum atomic E-state index is 8.55. The molecule has 0 spiro atoms. The van der Waals surface area contributed by atoms with Gasteiger partial charge in [-0.05, 0) is 0 Å². The molecule has 13 nitrogen and oxygen atoms in total. The van der Waals surface area contributed by atoms with Gasteiger partial charge in [-0.3, -0.25) is 7.32 Å². The van der Waals surface area contributed by atoms with E-state index < -0.39 is 15.1 Å². The maximum Gasteiger partial charge on any atom is -0.159 e. The Labute approximate surface area is 87.4 Å². The van der Waals surface area contributed by atoms with E-state index in [-0.39, 0.29) is 36.9 Å². The van der Waals surface area contributed by atoms with Gasteiger partial charge < -0.3 is 71.2 Å². The Morgan fingerprint density at radius 1 is 0.667 bits per heavy atom. The second-order valence-corrected chi connectivity index (χ2v) is 1.63. The van der Waals surface area contributed by atoms with Crippen LogP contribution in [0.25, 0.3) is 0 Å². The molecule has 0 radical (unpaired) electrons. The highest BCUT2D eigenvalue weighted by atomic mass is 31.2. The lowest BCUT2D eigenvalue weighted by atomic mass is 10.3. The van der Waals surface area contributed by atoms with Crippen LogP contribution in [-0.2, 0) is 4.57 Å². The Morgan fingerprint density at radius 2 is 0.667 bits per heavy atom. The minimum absolute atomic E-state index is 0. The zero-order chi connectivity index (χ0) is 8.08. The second-order valence-electron chi connectivity index (χ2n) is 0.736. The van der Waals surface area contributed by atoms with Crippen molar-refractivity contribution < 1.29 is 34.3 Å². The Balaban J connectivity index is -0.00000000785. The molecule has 0 bridgehead atoms. The van der Waals surface area contributed by atoms with Crippen LogP contribution in [0.3, 0.4) is 0 Å². The van der Waals surface area contributed by atoms with Gasteiger partial charge in [0.05, 0.1) is 0 Å². The van der Waals surface area contributed by atoms with Crippen molar-refractivity contribution in [2.24, 2.45) is 0 Å². The highest BCUT2D eigenvalue weighted by Crippen LogP contribution is 2.03. The lowest BCUT2D eigenvalue weighted by molar-refractivity contribution is -0.479. The molecular formula is H24BN6O7P. The molecule has 0 aromatic carbocycles. The summed E-state index contributed by atoms with van der Waals surface area (Å²) in [5, 5.41) is 25.2. The van der Waals surface area contributed by atoms with Crippen molar-refractivity contribution in [3.8, 4) is 0 Å². The molecule has 0 aromatic heterocycles. The van der Waals surface area contributed by atoms with Crippen LogP contribution in [0.1, 0.15) is 0 Å². The summed E-state index contributed by atoms with van der Waals surface area (Å²) in [6.07, 6.45) is 0. The van der Waals surface area contributed by atoms with Gasteiger partial charge in [-0.25, -0.2) is 0 Å². The topological polar surface area (TPSA) is 374 Å². The zero-order valence-corrected chi connectivity index (χ0v) is 10.8. The molecule has 0 aromatic rings. The maximum absolute atomic E-state index is 8.55. The van der Waals surface area contributed by atoms with Crippen LogP contribution in [-0.4, -0.2) is 7.32 Å². The lowest BCUT2D eigenvalue weighted by Crippen LogP contribution is -2.56. The minimum Gasteiger partial charge on any atom is -0.907 e.